The van der Waals surface area contributed by atoms with E-state index in [9.17, 15) is 0 Å². The molecule has 0 saturated carbocycles. The van der Waals surface area contributed by atoms with Gasteiger partial charge in [0.15, 0.2) is 0 Å². The standard InChI is InChI=1S/C10H18N4/c1-8-9(3-4-11-8)5-12-10-6-13-14(2)7-10/h6-9,11-12H,3-5H2,1-2H3. The highest BCUT2D eigenvalue weighted by Gasteiger charge is 2.22. The third kappa shape index (κ3) is 2.07. The fourth-order valence-corrected chi connectivity index (χ4v) is 1.95. The molecule has 78 valence electrons. The van der Waals surface area contributed by atoms with Crippen molar-refractivity contribution >= 4 is 5.69 Å². The summed E-state index contributed by atoms with van der Waals surface area (Å²) in [6, 6.07) is 0.638. The van der Waals surface area contributed by atoms with Gasteiger partial charge in [-0.15, -0.1) is 0 Å². The van der Waals surface area contributed by atoms with Crippen molar-refractivity contribution in [3.8, 4) is 0 Å². The highest BCUT2D eigenvalue weighted by molar-refractivity contribution is 5.38. The van der Waals surface area contributed by atoms with E-state index in [-0.39, 0.29) is 0 Å². The number of aromatic nitrogens is 2. The molecule has 2 unspecified atom stereocenters. The lowest BCUT2D eigenvalue weighted by atomic mass is 10.0. The summed E-state index contributed by atoms with van der Waals surface area (Å²) in [5, 5.41) is 11.0. The number of anilines is 1. The lowest BCUT2D eigenvalue weighted by Gasteiger charge is -2.15. The Labute approximate surface area is 84.7 Å². The van der Waals surface area contributed by atoms with Crippen LogP contribution in [0.4, 0.5) is 5.69 Å². The van der Waals surface area contributed by atoms with Crippen molar-refractivity contribution in [2.24, 2.45) is 13.0 Å². The van der Waals surface area contributed by atoms with Gasteiger partial charge in [0.2, 0.25) is 0 Å². The van der Waals surface area contributed by atoms with Crippen LogP contribution in [-0.4, -0.2) is 28.9 Å². The van der Waals surface area contributed by atoms with Gasteiger partial charge >= 0.3 is 0 Å². The molecular weight excluding hydrogens is 176 g/mol. The quantitative estimate of drug-likeness (QED) is 0.749. The van der Waals surface area contributed by atoms with Crippen LogP contribution in [0.2, 0.25) is 0 Å². The van der Waals surface area contributed by atoms with E-state index in [4.69, 9.17) is 0 Å². The van der Waals surface area contributed by atoms with Crippen LogP contribution in [0.5, 0.6) is 0 Å². The summed E-state index contributed by atoms with van der Waals surface area (Å²) >= 11 is 0. The second-order valence-electron chi connectivity index (χ2n) is 4.08. The molecule has 0 spiro atoms. The lowest BCUT2D eigenvalue weighted by Crippen LogP contribution is -2.27. The van der Waals surface area contributed by atoms with Crippen LogP contribution < -0.4 is 10.6 Å². The maximum atomic E-state index is 4.12. The maximum Gasteiger partial charge on any atom is 0.0726 e. The molecule has 0 aromatic carbocycles. The van der Waals surface area contributed by atoms with Crippen LogP contribution in [0.25, 0.3) is 0 Å². The van der Waals surface area contributed by atoms with Crippen molar-refractivity contribution in [1.82, 2.24) is 15.1 Å². The molecule has 2 atom stereocenters. The Morgan fingerprint density at radius 3 is 3.14 bits per heavy atom. The van der Waals surface area contributed by atoms with Gasteiger partial charge in [-0.25, -0.2) is 0 Å². The summed E-state index contributed by atoms with van der Waals surface area (Å²) < 4.78 is 1.82. The van der Waals surface area contributed by atoms with E-state index in [2.05, 4.69) is 22.7 Å². The van der Waals surface area contributed by atoms with Crippen molar-refractivity contribution in [3.63, 3.8) is 0 Å². The molecule has 1 aliphatic heterocycles. The Morgan fingerprint density at radius 1 is 1.71 bits per heavy atom. The minimum absolute atomic E-state index is 0.638. The number of nitrogens with zero attached hydrogens (tertiary/aromatic N) is 2. The maximum absolute atomic E-state index is 4.12. The Morgan fingerprint density at radius 2 is 2.57 bits per heavy atom. The molecule has 1 saturated heterocycles. The predicted molar refractivity (Wildman–Crippen MR) is 57.3 cm³/mol. The normalized spacial score (nSPS) is 26.7. The van der Waals surface area contributed by atoms with Gasteiger partial charge in [0.25, 0.3) is 0 Å². The summed E-state index contributed by atoms with van der Waals surface area (Å²) in [6.07, 6.45) is 5.15. The summed E-state index contributed by atoms with van der Waals surface area (Å²) in [6.45, 7) is 4.45. The van der Waals surface area contributed by atoms with Crippen molar-refractivity contribution in [2.45, 2.75) is 19.4 Å². The molecule has 1 aromatic rings. The lowest BCUT2D eigenvalue weighted by molar-refractivity contribution is 0.499. The van der Waals surface area contributed by atoms with Crippen molar-refractivity contribution in [3.05, 3.63) is 12.4 Å². The molecule has 2 heterocycles. The number of rotatable bonds is 3. The van der Waals surface area contributed by atoms with Gasteiger partial charge in [0, 0.05) is 25.8 Å². The molecule has 1 aliphatic rings. The van der Waals surface area contributed by atoms with Crippen LogP contribution in [0.1, 0.15) is 13.3 Å². The van der Waals surface area contributed by atoms with Crippen molar-refractivity contribution in [1.29, 1.82) is 0 Å². The van der Waals surface area contributed by atoms with Gasteiger partial charge in [-0.3, -0.25) is 4.68 Å². The van der Waals surface area contributed by atoms with E-state index in [0.717, 1.165) is 24.7 Å². The average molecular weight is 194 g/mol. The van der Waals surface area contributed by atoms with Gasteiger partial charge in [-0.1, -0.05) is 0 Å². The smallest absolute Gasteiger partial charge is 0.0726 e. The van der Waals surface area contributed by atoms with E-state index in [0.29, 0.717) is 6.04 Å². The van der Waals surface area contributed by atoms with Crippen LogP contribution in [-0.2, 0) is 7.05 Å². The minimum Gasteiger partial charge on any atom is -0.382 e. The molecule has 2 rings (SSSR count). The highest BCUT2D eigenvalue weighted by Crippen LogP contribution is 2.15. The Kier molecular flexibility index (Phi) is 2.72. The molecule has 0 aliphatic carbocycles. The molecule has 4 heteroatoms. The summed E-state index contributed by atoms with van der Waals surface area (Å²) in [7, 11) is 1.94. The predicted octanol–water partition coefficient (Wildman–Crippen LogP) is 0.830. The van der Waals surface area contributed by atoms with E-state index < -0.39 is 0 Å². The van der Waals surface area contributed by atoms with Gasteiger partial charge < -0.3 is 10.6 Å². The first-order valence-electron chi connectivity index (χ1n) is 5.21. The summed E-state index contributed by atoms with van der Waals surface area (Å²) in [4.78, 5) is 0. The summed E-state index contributed by atoms with van der Waals surface area (Å²) in [5.74, 6) is 0.746. The summed E-state index contributed by atoms with van der Waals surface area (Å²) in [5.41, 5.74) is 1.12. The third-order valence-corrected chi connectivity index (χ3v) is 2.96. The number of nitrogens with one attached hydrogen (secondary N) is 2. The van der Waals surface area contributed by atoms with E-state index in [1.165, 1.54) is 6.42 Å². The first-order chi connectivity index (χ1) is 6.75. The van der Waals surface area contributed by atoms with Crippen LogP contribution in [0, 0.1) is 5.92 Å². The minimum atomic E-state index is 0.638. The van der Waals surface area contributed by atoms with E-state index in [1.807, 2.05) is 24.1 Å². The third-order valence-electron chi connectivity index (χ3n) is 2.96. The fourth-order valence-electron chi connectivity index (χ4n) is 1.95. The van der Waals surface area contributed by atoms with Crippen LogP contribution in [0.3, 0.4) is 0 Å². The second-order valence-corrected chi connectivity index (χ2v) is 4.08. The first kappa shape index (κ1) is 9.52. The molecule has 4 nitrogen and oxygen atoms in total. The van der Waals surface area contributed by atoms with Gasteiger partial charge in [0.1, 0.15) is 0 Å². The largest absolute Gasteiger partial charge is 0.382 e. The SMILES string of the molecule is CC1NCCC1CNc1cnn(C)c1. The molecule has 1 fully saturated rings. The number of hydrogen-bond donors (Lipinski definition) is 2. The number of aryl methyl sites for hydroxylation is 1. The fraction of sp³-hybridized carbons (Fsp3) is 0.700. The van der Waals surface area contributed by atoms with Crippen LogP contribution >= 0.6 is 0 Å². The molecule has 0 amide bonds. The zero-order chi connectivity index (χ0) is 9.97. The first-order valence-corrected chi connectivity index (χ1v) is 5.21. The molecular formula is C10H18N4. The monoisotopic (exact) mass is 194 g/mol. The average Bonchev–Trinajstić information content (AvgIpc) is 2.72. The molecule has 2 N–H and O–H groups in total. The Bertz CT molecular complexity index is 294. The molecule has 14 heavy (non-hydrogen) atoms. The zero-order valence-electron chi connectivity index (χ0n) is 8.83. The van der Waals surface area contributed by atoms with Crippen molar-refractivity contribution < 1.29 is 0 Å². The van der Waals surface area contributed by atoms with E-state index >= 15 is 0 Å². The topological polar surface area (TPSA) is 41.9 Å². The molecule has 0 radical (unpaired) electrons. The Balaban J connectivity index is 1.82. The highest BCUT2D eigenvalue weighted by atomic mass is 15.3. The van der Waals surface area contributed by atoms with Gasteiger partial charge in [-0.2, -0.15) is 5.10 Å². The molecule has 1 aromatic heterocycles. The van der Waals surface area contributed by atoms with E-state index in [1.54, 1.807) is 0 Å². The Hall–Kier alpha value is -1.03. The van der Waals surface area contributed by atoms with Gasteiger partial charge in [-0.05, 0) is 25.8 Å². The zero-order valence-corrected chi connectivity index (χ0v) is 8.83. The molecule has 0 bridgehead atoms. The van der Waals surface area contributed by atoms with Crippen LogP contribution in [0.15, 0.2) is 12.4 Å². The second kappa shape index (κ2) is 4.00. The van der Waals surface area contributed by atoms with Gasteiger partial charge in [0.05, 0.1) is 11.9 Å². The number of hydrogen-bond acceptors (Lipinski definition) is 3. The van der Waals surface area contributed by atoms with Crippen molar-refractivity contribution in [2.75, 3.05) is 18.4 Å².